The Balaban J connectivity index is 2.09. The Hall–Kier alpha value is 0.170. The highest BCUT2D eigenvalue weighted by Gasteiger charge is 2.23. The van der Waals surface area contributed by atoms with Gasteiger partial charge in [0.1, 0.15) is 0 Å². The molecule has 1 heteroatoms. The molecular weight excluding hydrogens is 235 g/mol. The molecular formula is C17H31P. The quantitative estimate of drug-likeness (QED) is 0.541. The van der Waals surface area contributed by atoms with Crippen molar-refractivity contribution in [1.29, 1.82) is 0 Å². The summed E-state index contributed by atoms with van der Waals surface area (Å²) in [7, 11) is 3.17. The van der Waals surface area contributed by atoms with Crippen molar-refractivity contribution >= 4 is 9.24 Å². The summed E-state index contributed by atoms with van der Waals surface area (Å²) in [5, 5.41) is 1.74. The van der Waals surface area contributed by atoms with Crippen molar-refractivity contribution in [1.82, 2.24) is 0 Å². The lowest BCUT2D eigenvalue weighted by Crippen LogP contribution is -2.14. The Bertz CT molecular complexity index is 267. The van der Waals surface area contributed by atoms with Gasteiger partial charge in [0.2, 0.25) is 0 Å². The molecule has 0 bridgehead atoms. The van der Waals surface area contributed by atoms with Crippen LogP contribution in [0.5, 0.6) is 0 Å². The maximum absolute atomic E-state index is 3.17. The number of hydrogen-bond acceptors (Lipinski definition) is 0. The Morgan fingerprint density at radius 1 is 0.833 bits per heavy atom. The molecule has 1 atom stereocenters. The molecule has 1 unspecified atom stereocenters. The van der Waals surface area contributed by atoms with Crippen LogP contribution in [0.4, 0.5) is 0 Å². The van der Waals surface area contributed by atoms with Crippen molar-refractivity contribution in [2.24, 2.45) is 11.8 Å². The Morgan fingerprint density at radius 3 is 1.83 bits per heavy atom. The molecule has 0 saturated heterocycles. The van der Waals surface area contributed by atoms with Crippen LogP contribution in [-0.2, 0) is 0 Å². The largest absolute Gasteiger partial charge is 0.110 e. The second kappa shape index (κ2) is 7.68. The third-order valence-electron chi connectivity index (χ3n) is 5.03. The predicted molar refractivity (Wildman–Crippen MR) is 84.8 cm³/mol. The second-order valence-electron chi connectivity index (χ2n) is 6.40. The van der Waals surface area contributed by atoms with E-state index in [9.17, 15) is 0 Å². The van der Waals surface area contributed by atoms with E-state index in [4.69, 9.17) is 0 Å². The molecule has 0 amide bonds. The molecule has 0 aromatic carbocycles. The molecule has 0 aliphatic heterocycles. The molecule has 2 fully saturated rings. The Kier molecular flexibility index (Phi) is 6.22. The van der Waals surface area contributed by atoms with E-state index in [1.54, 1.807) is 5.31 Å². The molecule has 0 aromatic rings. The van der Waals surface area contributed by atoms with Crippen LogP contribution >= 0.6 is 9.24 Å². The standard InChI is InChI=1S/C17H31P/c1-2-9-16(14-10-5-3-6-11-14)17(18)15-12-7-4-8-13-15/h14-15H,2-13,18H2,1H3. The van der Waals surface area contributed by atoms with E-state index >= 15 is 0 Å². The van der Waals surface area contributed by atoms with E-state index < -0.39 is 0 Å². The van der Waals surface area contributed by atoms with Crippen LogP contribution in [0.2, 0.25) is 0 Å². The average Bonchev–Trinajstić information content (AvgIpc) is 2.46. The third-order valence-corrected chi connectivity index (χ3v) is 5.88. The number of hydrogen-bond donors (Lipinski definition) is 0. The first-order chi connectivity index (χ1) is 8.83. The van der Waals surface area contributed by atoms with Crippen molar-refractivity contribution < 1.29 is 0 Å². The first-order valence-electron chi connectivity index (χ1n) is 8.31. The van der Waals surface area contributed by atoms with Crippen molar-refractivity contribution in [3.05, 3.63) is 10.9 Å². The Morgan fingerprint density at radius 2 is 1.33 bits per heavy atom. The van der Waals surface area contributed by atoms with Crippen molar-refractivity contribution in [2.75, 3.05) is 0 Å². The lowest BCUT2D eigenvalue weighted by molar-refractivity contribution is 0.376. The summed E-state index contributed by atoms with van der Waals surface area (Å²) in [6.45, 7) is 2.35. The van der Waals surface area contributed by atoms with Crippen LogP contribution < -0.4 is 0 Å². The first kappa shape index (κ1) is 14.6. The van der Waals surface area contributed by atoms with E-state index in [0.29, 0.717) is 0 Å². The van der Waals surface area contributed by atoms with Gasteiger partial charge in [-0.2, -0.15) is 0 Å². The monoisotopic (exact) mass is 266 g/mol. The maximum Gasteiger partial charge on any atom is -0.0163 e. The van der Waals surface area contributed by atoms with Crippen LogP contribution in [0.25, 0.3) is 0 Å². The summed E-state index contributed by atoms with van der Waals surface area (Å²) in [6, 6.07) is 0. The average molecular weight is 266 g/mol. The molecule has 0 radical (unpaired) electrons. The van der Waals surface area contributed by atoms with Gasteiger partial charge in [0, 0.05) is 0 Å². The molecule has 2 rings (SSSR count). The highest BCUT2D eigenvalue weighted by atomic mass is 31.0. The smallest absolute Gasteiger partial charge is 0.0163 e. The van der Waals surface area contributed by atoms with E-state index in [-0.39, 0.29) is 0 Å². The first-order valence-corrected chi connectivity index (χ1v) is 8.89. The van der Waals surface area contributed by atoms with Crippen LogP contribution in [0.15, 0.2) is 10.9 Å². The second-order valence-corrected chi connectivity index (χ2v) is 7.02. The van der Waals surface area contributed by atoms with Crippen molar-refractivity contribution in [3.8, 4) is 0 Å². The highest BCUT2D eigenvalue weighted by molar-refractivity contribution is 7.22. The lowest BCUT2D eigenvalue weighted by atomic mass is 9.78. The number of rotatable bonds is 4. The van der Waals surface area contributed by atoms with E-state index in [1.165, 1.54) is 77.0 Å². The molecule has 2 aliphatic rings. The number of allylic oxidation sites excluding steroid dienone is 2. The molecule has 0 heterocycles. The third kappa shape index (κ3) is 3.83. The van der Waals surface area contributed by atoms with E-state index in [2.05, 4.69) is 16.2 Å². The van der Waals surface area contributed by atoms with Gasteiger partial charge in [-0.3, -0.25) is 0 Å². The fourth-order valence-electron chi connectivity index (χ4n) is 3.98. The van der Waals surface area contributed by atoms with Crippen LogP contribution in [0.3, 0.4) is 0 Å². The SMILES string of the molecule is CCCC(=C(P)C1CCCCC1)C1CCCCC1. The topological polar surface area (TPSA) is 0 Å². The normalized spacial score (nSPS) is 25.0. The van der Waals surface area contributed by atoms with Gasteiger partial charge in [-0.15, -0.1) is 9.24 Å². The molecule has 0 N–H and O–H groups in total. The van der Waals surface area contributed by atoms with Gasteiger partial charge in [-0.25, -0.2) is 0 Å². The minimum absolute atomic E-state index is 0.909. The van der Waals surface area contributed by atoms with Gasteiger partial charge >= 0.3 is 0 Å². The van der Waals surface area contributed by atoms with Gasteiger partial charge < -0.3 is 0 Å². The molecule has 0 nitrogen and oxygen atoms in total. The van der Waals surface area contributed by atoms with E-state index in [0.717, 1.165) is 11.8 Å². The lowest BCUT2D eigenvalue weighted by Gasteiger charge is -2.31. The summed E-state index contributed by atoms with van der Waals surface area (Å²) in [5.74, 6) is 1.85. The summed E-state index contributed by atoms with van der Waals surface area (Å²) in [4.78, 5) is 0. The van der Waals surface area contributed by atoms with Gasteiger partial charge in [0.25, 0.3) is 0 Å². The zero-order valence-corrected chi connectivity index (χ0v) is 13.4. The summed E-state index contributed by atoms with van der Waals surface area (Å²) in [5.41, 5.74) is 1.86. The molecule has 2 saturated carbocycles. The maximum atomic E-state index is 3.17. The van der Waals surface area contributed by atoms with E-state index in [1.807, 2.05) is 5.57 Å². The molecule has 104 valence electrons. The van der Waals surface area contributed by atoms with Crippen molar-refractivity contribution in [2.45, 2.75) is 84.0 Å². The summed E-state index contributed by atoms with van der Waals surface area (Å²) < 4.78 is 0. The van der Waals surface area contributed by atoms with Crippen LogP contribution in [0.1, 0.15) is 84.0 Å². The fraction of sp³-hybridized carbons (Fsp3) is 0.882. The zero-order chi connectivity index (χ0) is 12.8. The van der Waals surface area contributed by atoms with Gasteiger partial charge in [0.05, 0.1) is 0 Å². The predicted octanol–water partition coefficient (Wildman–Crippen LogP) is 6.08. The molecule has 18 heavy (non-hydrogen) atoms. The minimum atomic E-state index is 0.909. The van der Waals surface area contributed by atoms with Crippen LogP contribution in [-0.4, -0.2) is 0 Å². The van der Waals surface area contributed by atoms with Gasteiger partial charge in [-0.05, 0) is 49.3 Å². The highest BCUT2D eigenvalue weighted by Crippen LogP contribution is 2.41. The van der Waals surface area contributed by atoms with Gasteiger partial charge in [0.15, 0.2) is 0 Å². The minimum Gasteiger partial charge on any atom is -0.110 e. The van der Waals surface area contributed by atoms with Gasteiger partial charge in [-0.1, -0.05) is 57.4 Å². The molecule has 0 aromatic heterocycles. The van der Waals surface area contributed by atoms with Crippen molar-refractivity contribution in [3.63, 3.8) is 0 Å². The van der Waals surface area contributed by atoms with Crippen LogP contribution in [0, 0.1) is 11.8 Å². The summed E-state index contributed by atoms with van der Waals surface area (Å²) >= 11 is 0. The molecule has 2 aliphatic carbocycles. The Labute approximate surface area is 116 Å². The molecule has 0 spiro atoms. The zero-order valence-electron chi connectivity index (χ0n) is 12.2. The fourth-order valence-corrected chi connectivity index (χ4v) is 4.69. The summed E-state index contributed by atoms with van der Waals surface area (Å²) in [6.07, 6.45) is 17.4.